The molecule has 20 heavy (non-hydrogen) atoms. The van der Waals surface area contributed by atoms with Crippen molar-refractivity contribution in [3.05, 3.63) is 29.3 Å². The fraction of sp³-hybridized carbons (Fsp3) is 0.562. The minimum Gasteiger partial charge on any atom is -0.497 e. The summed E-state index contributed by atoms with van der Waals surface area (Å²) in [6, 6.07) is 6.22. The molecule has 0 radical (unpaired) electrons. The maximum Gasteiger partial charge on any atom is 0.191 e. The van der Waals surface area contributed by atoms with Gasteiger partial charge in [-0.3, -0.25) is 4.99 Å². The van der Waals surface area contributed by atoms with Crippen LogP contribution in [0.1, 0.15) is 31.4 Å². The highest BCUT2D eigenvalue weighted by molar-refractivity contribution is 5.79. The molecule has 0 aliphatic heterocycles. The Hall–Kier alpha value is -1.71. The lowest BCUT2D eigenvalue weighted by atomic mass is 10.1. The fourth-order valence-corrected chi connectivity index (χ4v) is 1.93. The third kappa shape index (κ3) is 5.95. The summed E-state index contributed by atoms with van der Waals surface area (Å²) in [5.74, 6) is 2.43. The Labute approximate surface area is 122 Å². The molecule has 4 heteroatoms. The van der Waals surface area contributed by atoms with Crippen LogP contribution in [0.5, 0.6) is 5.75 Å². The summed E-state index contributed by atoms with van der Waals surface area (Å²) in [4.78, 5) is 4.23. The van der Waals surface area contributed by atoms with Crippen molar-refractivity contribution >= 4 is 5.96 Å². The van der Waals surface area contributed by atoms with E-state index in [1.165, 1.54) is 11.1 Å². The first kappa shape index (κ1) is 16.3. The summed E-state index contributed by atoms with van der Waals surface area (Å²) in [5.41, 5.74) is 2.39. The van der Waals surface area contributed by atoms with E-state index in [-0.39, 0.29) is 0 Å². The molecule has 0 spiro atoms. The van der Waals surface area contributed by atoms with Crippen molar-refractivity contribution in [3.63, 3.8) is 0 Å². The molecule has 0 bridgehead atoms. The molecule has 0 unspecified atom stereocenters. The molecule has 1 aromatic rings. The molecule has 4 nitrogen and oxygen atoms in total. The smallest absolute Gasteiger partial charge is 0.191 e. The molecule has 1 aromatic carbocycles. The van der Waals surface area contributed by atoms with Gasteiger partial charge in [-0.25, -0.2) is 0 Å². The SMILES string of the molecule is CN=C(NCCC(C)C)NCc1cc(C)cc(OC)c1. The molecule has 0 aliphatic carbocycles. The van der Waals surface area contributed by atoms with Crippen LogP contribution in [0.4, 0.5) is 0 Å². The summed E-state index contributed by atoms with van der Waals surface area (Å²) in [6.45, 7) is 8.18. The normalized spacial score (nSPS) is 11.6. The molecular formula is C16H27N3O. The van der Waals surface area contributed by atoms with Crippen LogP contribution in [0.25, 0.3) is 0 Å². The Morgan fingerprint density at radius 3 is 2.60 bits per heavy atom. The number of rotatable bonds is 6. The summed E-state index contributed by atoms with van der Waals surface area (Å²) in [6.07, 6.45) is 1.14. The number of hydrogen-bond acceptors (Lipinski definition) is 2. The number of benzene rings is 1. The van der Waals surface area contributed by atoms with E-state index in [1.54, 1.807) is 14.2 Å². The maximum absolute atomic E-state index is 5.29. The van der Waals surface area contributed by atoms with Crippen molar-refractivity contribution in [1.82, 2.24) is 10.6 Å². The van der Waals surface area contributed by atoms with E-state index in [0.717, 1.165) is 31.2 Å². The molecule has 0 atom stereocenters. The second kappa shape index (κ2) is 8.46. The molecule has 0 aliphatic rings. The Bertz CT molecular complexity index is 441. The lowest BCUT2D eigenvalue weighted by molar-refractivity contribution is 0.414. The molecule has 0 saturated carbocycles. The molecule has 1 rings (SSSR count). The molecule has 112 valence electrons. The van der Waals surface area contributed by atoms with Crippen LogP contribution >= 0.6 is 0 Å². The van der Waals surface area contributed by atoms with Crippen LogP contribution < -0.4 is 15.4 Å². The zero-order valence-corrected chi connectivity index (χ0v) is 13.3. The predicted octanol–water partition coefficient (Wildman–Crippen LogP) is 2.71. The molecular weight excluding hydrogens is 250 g/mol. The van der Waals surface area contributed by atoms with E-state index in [2.05, 4.69) is 42.5 Å². The van der Waals surface area contributed by atoms with Crippen molar-refractivity contribution in [1.29, 1.82) is 0 Å². The first-order chi connectivity index (χ1) is 9.55. The van der Waals surface area contributed by atoms with Gasteiger partial charge in [0.05, 0.1) is 7.11 Å². The van der Waals surface area contributed by atoms with Gasteiger partial charge in [0.15, 0.2) is 5.96 Å². The largest absolute Gasteiger partial charge is 0.497 e. The topological polar surface area (TPSA) is 45.7 Å². The first-order valence-corrected chi connectivity index (χ1v) is 7.14. The first-order valence-electron chi connectivity index (χ1n) is 7.14. The van der Waals surface area contributed by atoms with Gasteiger partial charge < -0.3 is 15.4 Å². The van der Waals surface area contributed by atoms with Crippen LogP contribution in [0.15, 0.2) is 23.2 Å². The van der Waals surface area contributed by atoms with E-state index in [4.69, 9.17) is 4.74 Å². The monoisotopic (exact) mass is 277 g/mol. The van der Waals surface area contributed by atoms with Crippen LogP contribution in [-0.4, -0.2) is 26.7 Å². The van der Waals surface area contributed by atoms with E-state index in [1.807, 2.05) is 12.1 Å². The van der Waals surface area contributed by atoms with E-state index in [0.29, 0.717) is 5.92 Å². The van der Waals surface area contributed by atoms with E-state index < -0.39 is 0 Å². The number of guanidine groups is 1. The zero-order valence-electron chi connectivity index (χ0n) is 13.3. The average molecular weight is 277 g/mol. The van der Waals surface area contributed by atoms with Gasteiger partial charge in [-0.05, 0) is 42.5 Å². The molecule has 0 aromatic heterocycles. The Morgan fingerprint density at radius 2 is 2.00 bits per heavy atom. The lowest BCUT2D eigenvalue weighted by Crippen LogP contribution is -2.37. The Balaban J connectivity index is 2.50. The van der Waals surface area contributed by atoms with Crippen LogP contribution in [0.2, 0.25) is 0 Å². The number of aryl methyl sites for hydroxylation is 1. The second-order valence-electron chi connectivity index (χ2n) is 5.39. The fourth-order valence-electron chi connectivity index (χ4n) is 1.93. The van der Waals surface area contributed by atoms with Crippen molar-refractivity contribution in [3.8, 4) is 5.75 Å². The van der Waals surface area contributed by atoms with Crippen molar-refractivity contribution < 1.29 is 4.74 Å². The van der Waals surface area contributed by atoms with Crippen molar-refractivity contribution in [2.24, 2.45) is 10.9 Å². The van der Waals surface area contributed by atoms with Gasteiger partial charge in [0.1, 0.15) is 5.75 Å². The minimum absolute atomic E-state index is 0.696. The lowest BCUT2D eigenvalue weighted by Gasteiger charge is -2.13. The van der Waals surface area contributed by atoms with Gasteiger partial charge in [0.2, 0.25) is 0 Å². The summed E-state index contributed by atoms with van der Waals surface area (Å²) in [5, 5.41) is 6.64. The van der Waals surface area contributed by atoms with Gasteiger partial charge in [-0.1, -0.05) is 19.9 Å². The number of methoxy groups -OCH3 is 1. The van der Waals surface area contributed by atoms with Crippen LogP contribution in [0.3, 0.4) is 0 Å². The predicted molar refractivity (Wildman–Crippen MR) is 85.4 cm³/mol. The quantitative estimate of drug-likeness (QED) is 0.621. The van der Waals surface area contributed by atoms with Crippen molar-refractivity contribution in [2.75, 3.05) is 20.7 Å². The van der Waals surface area contributed by atoms with Crippen molar-refractivity contribution in [2.45, 2.75) is 33.7 Å². The number of nitrogens with zero attached hydrogens (tertiary/aromatic N) is 1. The van der Waals surface area contributed by atoms with Gasteiger partial charge in [0, 0.05) is 20.1 Å². The van der Waals surface area contributed by atoms with Crippen LogP contribution in [0, 0.1) is 12.8 Å². The molecule has 0 amide bonds. The van der Waals surface area contributed by atoms with Crippen LogP contribution in [-0.2, 0) is 6.54 Å². The molecule has 0 fully saturated rings. The van der Waals surface area contributed by atoms with Gasteiger partial charge in [-0.2, -0.15) is 0 Å². The Kier molecular flexibility index (Phi) is 6.91. The highest BCUT2D eigenvalue weighted by Gasteiger charge is 2.02. The van der Waals surface area contributed by atoms with Gasteiger partial charge in [0.25, 0.3) is 0 Å². The highest BCUT2D eigenvalue weighted by atomic mass is 16.5. The van der Waals surface area contributed by atoms with Gasteiger partial charge in [-0.15, -0.1) is 0 Å². The second-order valence-corrected chi connectivity index (χ2v) is 5.39. The van der Waals surface area contributed by atoms with Gasteiger partial charge >= 0.3 is 0 Å². The van der Waals surface area contributed by atoms with E-state index in [9.17, 15) is 0 Å². The third-order valence-electron chi connectivity index (χ3n) is 3.04. The maximum atomic E-state index is 5.29. The number of ether oxygens (including phenoxy) is 1. The summed E-state index contributed by atoms with van der Waals surface area (Å²) in [7, 11) is 3.49. The summed E-state index contributed by atoms with van der Waals surface area (Å²) < 4.78 is 5.29. The summed E-state index contributed by atoms with van der Waals surface area (Å²) >= 11 is 0. The number of nitrogens with one attached hydrogen (secondary N) is 2. The Morgan fingerprint density at radius 1 is 1.25 bits per heavy atom. The average Bonchev–Trinajstić information content (AvgIpc) is 2.41. The zero-order chi connectivity index (χ0) is 15.0. The molecule has 2 N–H and O–H groups in total. The highest BCUT2D eigenvalue weighted by Crippen LogP contribution is 2.16. The van der Waals surface area contributed by atoms with E-state index >= 15 is 0 Å². The standard InChI is InChI=1S/C16H27N3O/c1-12(2)6-7-18-16(17-4)19-11-14-8-13(3)9-15(10-14)20-5/h8-10,12H,6-7,11H2,1-5H3,(H2,17,18,19). The third-order valence-corrected chi connectivity index (χ3v) is 3.04. The molecule has 0 saturated heterocycles. The number of hydrogen-bond donors (Lipinski definition) is 2. The number of aliphatic imine (C=N–C) groups is 1. The molecule has 0 heterocycles. The minimum atomic E-state index is 0.696.